The van der Waals surface area contributed by atoms with Crippen molar-refractivity contribution in [1.82, 2.24) is 4.90 Å². The average molecular weight is 336 g/mol. The van der Waals surface area contributed by atoms with Crippen molar-refractivity contribution in [1.29, 1.82) is 0 Å². The SMILES string of the molecule is CC(C)c1cccc(N2CCN(C(=O)Cc3ccccc3)[C@H](C)C2)c1. The number of carbonyl (C=O) groups is 1. The van der Waals surface area contributed by atoms with Crippen LogP contribution >= 0.6 is 0 Å². The maximum absolute atomic E-state index is 12.7. The van der Waals surface area contributed by atoms with Gasteiger partial charge in [-0.15, -0.1) is 0 Å². The van der Waals surface area contributed by atoms with Crippen molar-refractivity contribution in [2.75, 3.05) is 24.5 Å². The molecule has 1 amide bonds. The standard InChI is InChI=1S/C22H28N2O/c1-17(2)20-10-7-11-21(15-20)23-12-13-24(18(3)16-23)22(25)14-19-8-5-4-6-9-19/h4-11,15,17-18H,12-14,16H2,1-3H3/t18-/m1/s1. The molecule has 0 bridgehead atoms. The van der Waals surface area contributed by atoms with Crippen LogP contribution in [0.1, 0.15) is 37.8 Å². The molecule has 0 unspecified atom stereocenters. The third-order valence-electron chi connectivity index (χ3n) is 5.05. The number of benzene rings is 2. The van der Waals surface area contributed by atoms with Crippen molar-refractivity contribution in [2.24, 2.45) is 0 Å². The van der Waals surface area contributed by atoms with E-state index in [4.69, 9.17) is 0 Å². The van der Waals surface area contributed by atoms with Gasteiger partial charge in [-0.25, -0.2) is 0 Å². The second-order valence-electron chi connectivity index (χ2n) is 7.29. The Kier molecular flexibility index (Phi) is 5.42. The van der Waals surface area contributed by atoms with E-state index >= 15 is 0 Å². The fourth-order valence-corrected chi connectivity index (χ4v) is 3.52. The topological polar surface area (TPSA) is 23.6 Å². The van der Waals surface area contributed by atoms with Gasteiger partial charge in [-0.05, 0) is 36.1 Å². The molecule has 132 valence electrons. The zero-order valence-corrected chi connectivity index (χ0v) is 15.5. The number of hydrogen-bond donors (Lipinski definition) is 0. The zero-order valence-electron chi connectivity index (χ0n) is 15.5. The van der Waals surface area contributed by atoms with E-state index in [2.05, 4.69) is 49.9 Å². The van der Waals surface area contributed by atoms with Gasteiger partial charge in [0.1, 0.15) is 0 Å². The molecule has 2 aromatic carbocycles. The van der Waals surface area contributed by atoms with Crippen LogP contribution in [0, 0.1) is 0 Å². The van der Waals surface area contributed by atoms with Gasteiger partial charge in [0.2, 0.25) is 5.91 Å². The van der Waals surface area contributed by atoms with Gasteiger partial charge in [-0.3, -0.25) is 4.79 Å². The zero-order chi connectivity index (χ0) is 17.8. The highest BCUT2D eigenvalue weighted by Crippen LogP contribution is 2.24. The Labute approximate surface area is 151 Å². The molecule has 1 atom stereocenters. The summed E-state index contributed by atoms with van der Waals surface area (Å²) in [6, 6.07) is 19.1. The van der Waals surface area contributed by atoms with E-state index in [-0.39, 0.29) is 11.9 Å². The van der Waals surface area contributed by atoms with Gasteiger partial charge in [0.05, 0.1) is 6.42 Å². The number of carbonyl (C=O) groups excluding carboxylic acids is 1. The molecule has 0 aromatic heterocycles. The molecule has 1 heterocycles. The van der Waals surface area contributed by atoms with Gasteiger partial charge < -0.3 is 9.80 Å². The Morgan fingerprint density at radius 1 is 1.08 bits per heavy atom. The van der Waals surface area contributed by atoms with Crippen molar-refractivity contribution in [3.8, 4) is 0 Å². The maximum atomic E-state index is 12.7. The van der Waals surface area contributed by atoms with E-state index < -0.39 is 0 Å². The number of amides is 1. The van der Waals surface area contributed by atoms with Crippen LogP contribution in [-0.2, 0) is 11.2 Å². The number of piperazine rings is 1. The van der Waals surface area contributed by atoms with Gasteiger partial charge in [-0.1, -0.05) is 56.3 Å². The third-order valence-corrected chi connectivity index (χ3v) is 5.05. The average Bonchev–Trinajstić information content (AvgIpc) is 2.62. The predicted octanol–water partition coefficient (Wildman–Crippen LogP) is 4.09. The summed E-state index contributed by atoms with van der Waals surface area (Å²) in [6.45, 7) is 9.18. The number of rotatable bonds is 4. The van der Waals surface area contributed by atoms with Crippen LogP contribution in [0.5, 0.6) is 0 Å². The molecule has 1 aliphatic rings. The van der Waals surface area contributed by atoms with Gasteiger partial charge in [0.15, 0.2) is 0 Å². The number of hydrogen-bond acceptors (Lipinski definition) is 2. The van der Waals surface area contributed by atoms with Gasteiger partial charge in [0, 0.05) is 31.4 Å². The Morgan fingerprint density at radius 3 is 2.52 bits per heavy atom. The summed E-state index contributed by atoms with van der Waals surface area (Å²) in [5.41, 5.74) is 3.73. The molecule has 3 rings (SSSR count). The summed E-state index contributed by atoms with van der Waals surface area (Å²) in [7, 11) is 0. The lowest BCUT2D eigenvalue weighted by molar-refractivity contribution is -0.132. The summed E-state index contributed by atoms with van der Waals surface area (Å²) in [5.74, 6) is 0.764. The molecule has 1 aliphatic heterocycles. The molecule has 0 spiro atoms. The molecular weight excluding hydrogens is 308 g/mol. The third kappa shape index (κ3) is 4.22. The van der Waals surface area contributed by atoms with Crippen LogP contribution < -0.4 is 4.90 Å². The minimum Gasteiger partial charge on any atom is -0.368 e. The van der Waals surface area contributed by atoms with Gasteiger partial charge in [0.25, 0.3) is 0 Å². The Morgan fingerprint density at radius 2 is 1.84 bits per heavy atom. The van der Waals surface area contributed by atoms with E-state index in [9.17, 15) is 4.79 Å². The lowest BCUT2D eigenvalue weighted by Crippen LogP contribution is -2.54. The normalized spacial score (nSPS) is 17.8. The molecule has 0 aliphatic carbocycles. The summed E-state index contributed by atoms with van der Waals surface area (Å²) in [6.07, 6.45) is 0.494. The van der Waals surface area contributed by atoms with E-state index in [1.54, 1.807) is 0 Å². The highest BCUT2D eigenvalue weighted by Gasteiger charge is 2.27. The van der Waals surface area contributed by atoms with Gasteiger partial charge in [-0.2, -0.15) is 0 Å². The smallest absolute Gasteiger partial charge is 0.227 e. The molecule has 2 aromatic rings. The molecule has 0 saturated carbocycles. The summed E-state index contributed by atoms with van der Waals surface area (Å²) in [5, 5.41) is 0. The first kappa shape index (κ1) is 17.5. The fraction of sp³-hybridized carbons (Fsp3) is 0.409. The lowest BCUT2D eigenvalue weighted by Gasteiger charge is -2.41. The fourth-order valence-electron chi connectivity index (χ4n) is 3.52. The largest absolute Gasteiger partial charge is 0.368 e. The predicted molar refractivity (Wildman–Crippen MR) is 104 cm³/mol. The molecular formula is C22H28N2O. The monoisotopic (exact) mass is 336 g/mol. The Hall–Kier alpha value is -2.29. The quantitative estimate of drug-likeness (QED) is 0.839. The van der Waals surface area contributed by atoms with Crippen molar-refractivity contribution in [2.45, 2.75) is 39.2 Å². The van der Waals surface area contributed by atoms with Crippen molar-refractivity contribution in [3.63, 3.8) is 0 Å². The number of nitrogens with zero attached hydrogens (tertiary/aromatic N) is 2. The van der Waals surface area contributed by atoms with Crippen LogP contribution in [0.3, 0.4) is 0 Å². The van der Waals surface area contributed by atoms with Crippen LogP contribution in [0.4, 0.5) is 5.69 Å². The minimum atomic E-state index is 0.229. The Bertz CT molecular complexity index is 711. The highest BCUT2D eigenvalue weighted by molar-refractivity contribution is 5.79. The number of anilines is 1. The van der Waals surface area contributed by atoms with Crippen LogP contribution in [0.15, 0.2) is 54.6 Å². The molecule has 1 fully saturated rings. The molecule has 3 heteroatoms. The summed E-state index contributed by atoms with van der Waals surface area (Å²) in [4.78, 5) is 17.1. The van der Waals surface area contributed by atoms with Crippen molar-refractivity contribution in [3.05, 3.63) is 65.7 Å². The highest BCUT2D eigenvalue weighted by atomic mass is 16.2. The maximum Gasteiger partial charge on any atom is 0.227 e. The van der Waals surface area contributed by atoms with Crippen molar-refractivity contribution >= 4 is 11.6 Å². The first-order valence-electron chi connectivity index (χ1n) is 9.23. The minimum absolute atomic E-state index is 0.229. The van der Waals surface area contributed by atoms with E-state index in [0.717, 1.165) is 25.2 Å². The van der Waals surface area contributed by atoms with E-state index in [1.807, 2.05) is 35.2 Å². The molecule has 25 heavy (non-hydrogen) atoms. The Balaban J connectivity index is 1.64. The lowest BCUT2D eigenvalue weighted by atomic mass is 10.0. The van der Waals surface area contributed by atoms with E-state index in [0.29, 0.717) is 12.3 Å². The molecule has 3 nitrogen and oxygen atoms in total. The molecule has 0 N–H and O–H groups in total. The summed E-state index contributed by atoms with van der Waals surface area (Å²) < 4.78 is 0. The molecule has 0 radical (unpaired) electrons. The van der Waals surface area contributed by atoms with Crippen LogP contribution in [0.2, 0.25) is 0 Å². The second kappa shape index (κ2) is 7.73. The van der Waals surface area contributed by atoms with Crippen LogP contribution in [-0.4, -0.2) is 36.5 Å². The first-order chi connectivity index (χ1) is 12.0. The molecule has 1 saturated heterocycles. The first-order valence-corrected chi connectivity index (χ1v) is 9.23. The van der Waals surface area contributed by atoms with Crippen molar-refractivity contribution < 1.29 is 4.79 Å². The second-order valence-corrected chi connectivity index (χ2v) is 7.29. The van der Waals surface area contributed by atoms with Crippen LogP contribution in [0.25, 0.3) is 0 Å². The van der Waals surface area contributed by atoms with Gasteiger partial charge >= 0.3 is 0 Å². The summed E-state index contributed by atoms with van der Waals surface area (Å²) >= 11 is 0. The van der Waals surface area contributed by atoms with E-state index in [1.165, 1.54) is 11.3 Å².